The fraction of sp³-hybridized carbons (Fsp3) is 0.632. The number of carbonyl (C=O) groups excluding carboxylic acids is 1. The van der Waals surface area contributed by atoms with Crippen LogP contribution in [0.1, 0.15) is 54.1 Å². The van der Waals surface area contributed by atoms with E-state index >= 15 is 0 Å². The molecule has 2 aromatic rings. The van der Waals surface area contributed by atoms with Crippen LogP contribution < -0.4 is 0 Å². The van der Waals surface area contributed by atoms with Gasteiger partial charge in [-0.3, -0.25) is 14.4 Å². The first-order valence-electron chi connectivity index (χ1n) is 9.21. The van der Waals surface area contributed by atoms with Gasteiger partial charge in [-0.15, -0.1) is 11.3 Å². The third kappa shape index (κ3) is 4.32. The molecule has 0 atom stereocenters. The molecule has 1 aliphatic heterocycles. The molecule has 0 aromatic carbocycles. The van der Waals surface area contributed by atoms with Gasteiger partial charge < -0.3 is 4.90 Å². The molecule has 26 heavy (non-hydrogen) atoms. The lowest BCUT2D eigenvalue weighted by Crippen LogP contribution is -2.36. The molecule has 7 heteroatoms. The van der Waals surface area contributed by atoms with E-state index in [-0.39, 0.29) is 11.3 Å². The largest absolute Gasteiger partial charge is 0.336 e. The molecule has 0 radical (unpaired) electrons. The van der Waals surface area contributed by atoms with Crippen LogP contribution in [0.4, 0.5) is 0 Å². The van der Waals surface area contributed by atoms with E-state index in [2.05, 4.69) is 41.1 Å². The van der Waals surface area contributed by atoms with E-state index < -0.39 is 0 Å². The van der Waals surface area contributed by atoms with Gasteiger partial charge in [-0.25, -0.2) is 4.98 Å². The van der Waals surface area contributed by atoms with Gasteiger partial charge >= 0.3 is 0 Å². The van der Waals surface area contributed by atoms with Crippen LogP contribution in [0.3, 0.4) is 0 Å². The van der Waals surface area contributed by atoms with Crippen molar-refractivity contribution in [2.45, 2.75) is 46.1 Å². The molecule has 3 heterocycles. The highest BCUT2D eigenvalue weighted by Gasteiger charge is 2.26. The second-order valence-electron chi connectivity index (χ2n) is 8.07. The average molecular weight is 376 g/mol. The minimum atomic E-state index is -0.0580. The molecule has 142 valence electrons. The van der Waals surface area contributed by atoms with Crippen molar-refractivity contribution < 1.29 is 4.79 Å². The molecule has 0 N–H and O–H groups in total. The van der Waals surface area contributed by atoms with E-state index in [1.54, 1.807) is 16.0 Å². The minimum absolute atomic E-state index is 0.0580. The van der Waals surface area contributed by atoms with Gasteiger partial charge in [0.05, 0.1) is 16.4 Å². The van der Waals surface area contributed by atoms with Crippen molar-refractivity contribution in [1.29, 1.82) is 0 Å². The van der Waals surface area contributed by atoms with Crippen LogP contribution in [0.2, 0.25) is 0 Å². The Balaban J connectivity index is 1.65. The Bertz CT molecular complexity index is 773. The Kier molecular flexibility index (Phi) is 5.48. The van der Waals surface area contributed by atoms with Crippen LogP contribution in [0, 0.1) is 6.92 Å². The zero-order chi connectivity index (χ0) is 18.9. The van der Waals surface area contributed by atoms with Crippen LogP contribution in [-0.2, 0) is 19.0 Å². The zero-order valence-electron chi connectivity index (χ0n) is 16.4. The first-order chi connectivity index (χ1) is 12.2. The quantitative estimate of drug-likeness (QED) is 0.828. The highest BCUT2D eigenvalue weighted by atomic mass is 32.1. The number of aromatic nitrogens is 3. The molecule has 1 amide bonds. The molecular weight excluding hydrogens is 346 g/mol. The Morgan fingerprint density at radius 2 is 2.00 bits per heavy atom. The Morgan fingerprint density at radius 3 is 2.62 bits per heavy atom. The second kappa shape index (κ2) is 7.48. The average Bonchev–Trinajstić information content (AvgIpc) is 3.06. The summed E-state index contributed by atoms with van der Waals surface area (Å²) in [7, 11) is 1.86. The van der Waals surface area contributed by atoms with Gasteiger partial charge in [0.15, 0.2) is 0 Å². The van der Waals surface area contributed by atoms with Gasteiger partial charge in [0.1, 0.15) is 5.69 Å². The van der Waals surface area contributed by atoms with Gasteiger partial charge in [0.2, 0.25) is 0 Å². The molecule has 3 rings (SSSR count). The molecule has 0 saturated carbocycles. The predicted molar refractivity (Wildman–Crippen MR) is 105 cm³/mol. The van der Waals surface area contributed by atoms with Crippen molar-refractivity contribution in [3.05, 3.63) is 33.5 Å². The monoisotopic (exact) mass is 375 g/mol. The molecule has 0 bridgehead atoms. The Morgan fingerprint density at radius 1 is 1.23 bits per heavy atom. The number of carbonyl (C=O) groups is 1. The van der Waals surface area contributed by atoms with Crippen LogP contribution in [0.15, 0.2) is 11.4 Å². The van der Waals surface area contributed by atoms with E-state index in [9.17, 15) is 4.79 Å². The molecule has 1 fully saturated rings. The van der Waals surface area contributed by atoms with Gasteiger partial charge in [0.25, 0.3) is 5.91 Å². The van der Waals surface area contributed by atoms with Crippen molar-refractivity contribution in [2.24, 2.45) is 7.05 Å². The summed E-state index contributed by atoms with van der Waals surface area (Å²) in [6.07, 6.45) is 0.985. The molecule has 2 aromatic heterocycles. The molecular formula is C19H29N5OS. The Hall–Kier alpha value is -1.73. The van der Waals surface area contributed by atoms with Crippen molar-refractivity contribution in [1.82, 2.24) is 24.6 Å². The maximum Gasteiger partial charge on any atom is 0.272 e. The summed E-state index contributed by atoms with van der Waals surface area (Å²) in [5, 5.41) is 7.79. The molecule has 1 saturated heterocycles. The predicted octanol–water partition coefficient (Wildman–Crippen LogP) is 2.83. The summed E-state index contributed by atoms with van der Waals surface area (Å²) in [5.74, 6) is 0.0850. The summed E-state index contributed by atoms with van der Waals surface area (Å²) < 4.78 is 1.73. The van der Waals surface area contributed by atoms with Crippen molar-refractivity contribution in [3.63, 3.8) is 0 Å². The lowest BCUT2D eigenvalue weighted by molar-refractivity contribution is 0.0750. The van der Waals surface area contributed by atoms with E-state index in [1.165, 1.54) is 0 Å². The zero-order valence-corrected chi connectivity index (χ0v) is 17.3. The topological polar surface area (TPSA) is 54.3 Å². The highest BCUT2D eigenvalue weighted by Crippen LogP contribution is 2.22. The van der Waals surface area contributed by atoms with Gasteiger partial charge in [-0.2, -0.15) is 5.10 Å². The summed E-state index contributed by atoms with van der Waals surface area (Å²) >= 11 is 1.69. The third-order valence-electron chi connectivity index (χ3n) is 4.80. The molecule has 1 aliphatic rings. The number of hydrogen-bond acceptors (Lipinski definition) is 5. The lowest BCUT2D eigenvalue weighted by atomic mass is 9.92. The number of nitrogens with zero attached hydrogens (tertiary/aromatic N) is 5. The number of rotatable bonds is 3. The van der Waals surface area contributed by atoms with E-state index in [4.69, 9.17) is 0 Å². The molecule has 0 aliphatic carbocycles. The van der Waals surface area contributed by atoms with E-state index in [1.807, 2.05) is 24.9 Å². The highest BCUT2D eigenvalue weighted by molar-refractivity contribution is 7.09. The summed E-state index contributed by atoms with van der Waals surface area (Å²) in [4.78, 5) is 21.9. The molecule has 6 nitrogen and oxygen atoms in total. The Labute approximate surface area is 159 Å². The standard InChI is InChI=1S/C19H29N5OS/c1-14-20-15(13-26-14)12-23-7-6-8-24(10-9-23)18(25)16-11-17(19(2,3)4)21-22(16)5/h11,13H,6-10,12H2,1-5H3. The van der Waals surface area contributed by atoms with Crippen LogP contribution in [0.5, 0.6) is 0 Å². The summed E-state index contributed by atoms with van der Waals surface area (Å²) in [6.45, 7) is 12.7. The number of hydrogen-bond donors (Lipinski definition) is 0. The fourth-order valence-electron chi connectivity index (χ4n) is 3.24. The van der Waals surface area contributed by atoms with Crippen molar-refractivity contribution in [2.75, 3.05) is 26.2 Å². The number of thiazole rings is 1. The fourth-order valence-corrected chi connectivity index (χ4v) is 3.84. The number of amides is 1. The lowest BCUT2D eigenvalue weighted by Gasteiger charge is -2.21. The van der Waals surface area contributed by atoms with Crippen molar-refractivity contribution >= 4 is 17.2 Å². The molecule has 0 spiro atoms. The maximum atomic E-state index is 13.0. The second-order valence-corrected chi connectivity index (χ2v) is 9.13. The third-order valence-corrected chi connectivity index (χ3v) is 5.62. The SMILES string of the molecule is Cc1nc(CN2CCCN(C(=O)c3cc(C(C)(C)C)nn3C)CC2)cs1. The number of aryl methyl sites for hydroxylation is 2. The normalized spacial score (nSPS) is 16.7. The smallest absolute Gasteiger partial charge is 0.272 e. The first-order valence-corrected chi connectivity index (χ1v) is 10.1. The van der Waals surface area contributed by atoms with Gasteiger partial charge in [-0.1, -0.05) is 20.8 Å². The van der Waals surface area contributed by atoms with Crippen molar-refractivity contribution in [3.8, 4) is 0 Å². The van der Waals surface area contributed by atoms with Crippen LogP contribution in [0.25, 0.3) is 0 Å². The van der Waals surface area contributed by atoms with Gasteiger partial charge in [-0.05, 0) is 19.4 Å². The van der Waals surface area contributed by atoms with Crippen LogP contribution in [-0.4, -0.2) is 56.7 Å². The molecule has 0 unspecified atom stereocenters. The van der Waals surface area contributed by atoms with E-state index in [0.29, 0.717) is 5.69 Å². The van der Waals surface area contributed by atoms with E-state index in [0.717, 1.165) is 55.5 Å². The van der Waals surface area contributed by atoms with Gasteiger partial charge in [0, 0.05) is 50.6 Å². The summed E-state index contributed by atoms with van der Waals surface area (Å²) in [6, 6.07) is 1.95. The first kappa shape index (κ1) is 19.0. The minimum Gasteiger partial charge on any atom is -0.336 e. The summed E-state index contributed by atoms with van der Waals surface area (Å²) in [5.41, 5.74) is 2.71. The maximum absolute atomic E-state index is 13.0. The van der Waals surface area contributed by atoms with Crippen LogP contribution >= 0.6 is 11.3 Å².